The van der Waals surface area contributed by atoms with Crippen molar-refractivity contribution in [2.75, 3.05) is 13.1 Å². The lowest BCUT2D eigenvalue weighted by Gasteiger charge is -1.93. The fourth-order valence-corrected chi connectivity index (χ4v) is 0.276. The maximum atomic E-state index is 9.73. The second-order valence-corrected chi connectivity index (χ2v) is 2.43. The van der Waals surface area contributed by atoms with Crippen LogP contribution in [0.5, 0.6) is 0 Å². The molecule has 0 fully saturated rings. The SMILES string of the molecule is CC(=O)O.CC(=O)O.O=C(O)CNCC(=O)O. The summed E-state index contributed by atoms with van der Waals surface area (Å²) in [6, 6.07) is 0. The maximum absolute atomic E-state index is 9.73. The number of carboxylic acids is 4. The van der Waals surface area contributed by atoms with Gasteiger partial charge in [-0.2, -0.15) is 0 Å². The van der Waals surface area contributed by atoms with Crippen LogP contribution in [0.3, 0.4) is 0 Å². The second kappa shape index (κ2) is 13.8. The summed E-state index contributed by atoms with van der Waals surface area (Å²) in [5, 5.41) is 33.0. The van der Waals surface area contributed by atoms with Gasteiger partial charge in [-0.3, -0.25) is 24.5 Å². The molecule has 0 aromatic rings. The van der Waals surface area contributed by atoms with Crippen LogP contribution in [0.1, 0.15) is 13.8 Å². The molecule has 5 N–H and O–H groups in total. The van der Waals surface area contributed by atoms with Crippen LogP contribution in [0.2, 0.25) is 0 Å². The van der Waals surface area contributed by atoms with Crippen molar-refractivity contribution >= 4 is 23.9 Å². The molecule has 0 rings (SSSR count). The Morgan fingerprint density at radius 1 is 0.765 bits per heavy atom. The summed E-state index contributed by atoms with van der Waals surface area (Å²) in [5.41, 5.74) is 0. The third kappa shape index (κ3) is 132. The molecule has 100 valence electrons. The highest BCUT2D eigenvalue weighted by Gasteiger charge is 1.97. The van der Waals surface area contributed by atoms with Crippen molar-refractivity contribution < 1.29 is 39.6 Å². The smallest absolute Gasteiger partial charge is 0.317 e. The monoisotopic (exact) mass is 253 g/mol. The van der Waals surface area contributed by atoms with E-state index in [4.69, 9.17) is 30.0 Å². The molecule has 0 aliphatic heterocycles. The zero-order valence-corrected chi connectivity index (χ0v) is 9.34. The molecule has 17 heavy (non-hydrogen) atoms. The van der Waals surface area contributed by atoms with E-state index in [0.717, 1.165) is 13.8 Å². The molecular weight excluding hydrogens is 238 g/mol. The molecule has 0 unspecified atom stereocenters. The maximum Gasteiger partial charge on any atom is 0.317 e. The van der Waals surface area contributed by atoms with Crippen molar-refractivity contribution in [1.82, 2.24) is 5.32 Å². The molecular formula is C8H15NO8. The first-order chi connectivity index (χ1) is 7.59. The molecule has 0 amide bonds. The van der Waals surface area contributed by atoms with E-state index in [2.05, 4.69) is 5.32 Å². The lowest BCUT2D eigenvalue weighted by Crippen LogP contribution is -2.27. The van der Waals surface area contributed by atoms with E-state index in [0.29, 0.717) is 0 Å². The van der Waals surface area contributed by atoms with Crippen LogP contribution in [0.15, 0.2) is 0 Å². The van der Waals surface area contributed by atoms with E-state index in [9.17, 15) is 9.59 Å². The highest BCUT2D eigenvalue weighted by atomic mass is 16.4. The molecule has 0 aliphatic carbocycles. The van der Waals surface area contributed by atoms with Crippen LogP contribution in [0.4, 0.5) is 0 Å². The first-order valence-electron chi connectivity index (χ1n) is 4.13. The van der Waals surface area contributed by atoms with Gasteiger partial charge in [0.15, 0.2) is 0 Å². The summed E-state index contributed by atoms with van der Waals surface area (Å²) < 4.78 is 0. The van der Waals surface area contributed by atoms with E-state index < -0.39 is 23.9 Å². The van der Waals surface area contributed by atoms with Crippen LogP contribution in [-0.2, 0) is 19.2 Å². The van der Waals surface area contributed by atoms with Crippen molar-refractivity contribution in [3.8, 4) is 0 Å². The zero-order valence-electron chi connectivity index (χ0n) is 9.34. The van der Waals surface area contributed by atoms with E-state index >= 15 is 0 Å². The van der Waals surface area contributed by atoms with E-state index in [-0.39, 0.29) is 13.1 Å². The van der Waals surface area contributed by atoms with Gasteiger partial charge < -0.3 is 20.4 Å². The fourth-order valence-electron chi connectivity index (χ4n) is 0.276. The number of hydrogen-bond acceptors (Lipinski definition) is 5. The summed E-state index contributed by atoms with van der Waals surface area (Å²) in [5.74, 6) is -3.78. The molecule has 9 nitrogen and oxygen atoms in total. The van der Waals surface area contributed by atoms with Crippen LogP contribution in [0, 0.1) is 0 Å². The molecule has 0 saturated heterocycles. The lowest BCUT2D eigenvalue weighted by molar-refractivity contribution is -0.138. The van der Waals surface area contributed by atoms with Crippen LogP contribution in [0.25, 0.3) is 0 Å². The predicted octanol–water partition coefficient (Wildman–Crippen LogP) is -1.07. The quantitative estimate of drug-likeness (QED) is 0.419. The number of carbonyl (C=O) groups is 4. The number of aliphatic carboxylic acids is 4. The molecule has 0 spiro atoms. The number of rotatable bonds is 4. The van der Waals surface area contributed by atoms with Gasteiger partial charge >= 0.3 is 11.9 Å². The topological polar surface area (TPSA) is 161 Å². The number of carboxylic acid groups (broad SMARTS) is 4. The Morgan fingerprint density at radius 3 is 1.06 bits per heavy atom. The Morgan fingerprint density at radius 2 is 0.941 bits per heavy atom. The van der Waals surface area contributed by atoms with E-state index in [1.165, 1.54) is 0 Å². The van der Waals surface area contributed by atoms with Crippen LogP contribution >= 0.6 is 0 Å². The summed E-state index contributed by atoms with van der Waals surface area (Å²) in [7, 11) is 0. The van der Waals surface area contributed by atoms with Gasteiger partial charge in [0, 0.05) is 13.8 Å². The Kier molecular flexibility index (Phi) is 16.5. The zero-order chi connectivity index (χ0) is 14.4. The first-order valence-corrected chi connectivity index (χ1v) is 4.13. The molecule has 0 saturated carbocycles. The highest BCUT2D eigenvalue weighted by molar-refractivity contribution is 5.72. The average molecular weight is 253 g/mol. The van der Waals surface area contributed by atoms with Gasteiger partial charge in [-0.05, 0) is 0 Å². The molecule has 0 aromatic carbocycles. The van der Waals surface area contributed by atoms with Crippen molar-refractivity contribution in [2.45, 2.75) is 13.8 Å². The predicted molar refractivity (Wildman–Crippen MR) is 54.8 cm³/mol. The molecule has 0 radical (unpaired) electrons. The minimum absolute atomic E-state index is 0.313. The fraction of sp³-hybridized carbons (Fsp3) is 0.500. The minimum atomic E-state index is -1.06. The standard InChI is InChI=1S/C4H7NO4.2C2H4O2/c6-3(7)1-5-2-4(8)9;2*1-2(3)4/h5H,1-2H2,(H,6,7)(H,8,9);2*1H3,(H,3,4). The van der Waals surface area contributed by atoms with Gasteiger partial charge in [-0.1, -0.05) is 0 Å². The number of nitrogens with one attached hydrogen (secondary N) is 1. The van der Waals surface area contributed by atoms with Gasteiger partial charge in [0.2, 0.25) is 0 Å². The van der Waals surface area contributed by atoms with Crippen molar-refractivity contribution in [1.29, 1.82) is 0 Å². The second-order valence-electron chi connectivity index (χ2n) is 2.43. The molecule has 0 atom stereocenters. The molecule has 9 heteroatoms. The summed E-state index contributed by atoms with van der Waals surface area (Å²) >= 11 is 0. The summed E-state index contributed by atoms with van der Waals surface area (Å²) in [6.45, 7) is 1.54. The van der Waals surface area contributed by atoms with Crippen LogP contribution in [-0.4, -0.2) is 57.4 Å². The lowest BCUT2D eigenvalue weighted by atomic mass is 10.6. The number of hydrogen-bond donors (Lipinski definition) is 5. The van der Waals surface area contributed by atoms with Gasteiger partial charge in [-0.15, -0.1) is 0 Å². The Balaban J connectivity index is -0.000000205. The Labute approximate surface area is 96.7 Å². The highest BCUT2D eigenvalue weighted by Crippen LogP contribution is 1.61. The van der Waals surface area contributed by atoms with Crippen molar-refractivity contribution in [3.05, 3.63) is 0 Å². The van der Waals surface area contributed by atoms with E-state index in [1.807, 2.05) is 0 Å². The van der Waals surface area contributed by atoms with E-state index in [1.54, 1.807) is 0 Å². The molecule has 0 bridgehead atoms. The summed E-state index contributed by atoms with van der Waals surface area (Å²) in [6.07, 6.45) is 0. The Bertz CT molecular complexity index is 228. The molecule has 0 aliphatic rings. The average Bonchev–Trinajstić information content (AvgIpc) is 1.99. The minimum Gasteiger partial charge on any atom is -0.481 e. The van der Waals surface area contributed by atoms with Gasteiger partial charge in [0.05, 0.1) is 13.1 Å². The third-order valence-corrected chi connectivity index (χ3v) is 0.552. The van der Waals surface area contributed by atoms with Gasteiger partial charge in [-0.25, -0.2) is 0 Å². The Hall–Kier alpha value is -2.16. The molecule has 0 aromatic heterocycles. The van der Waals surface area contributed by atoms with Crippen LogP contribution < -0.4 is 5.32 Å². The largest absolute Gasteiger partial charge is 0.481 e. The van der Waals surface area contributed by atoms with Crippen molar-refractivity contribution in [2.24, 2.45) is 0 Å². The van der Waals surface area contributed by atoms with Crippen molar-refractivity contribution in [3.63, 3.8) is 0 Å². The third-order valence-electron chi connectivity index (χ3n) is 0.552. The first kappa shape index (κ1) is 20.3. The normalized spacial score (nSPS) is 7.65. The van der Waals surface area contributed by atoms with Gasteiger partial charge in [0.25, 0.3) is 11.9 Å². The molecule has 0 heterocycles. The summed E-state index contributed by atoms with van der Waals surface area (Å²) in [4.78, 5) is 37.5. The van der Waals surface area contributed by atoms with Gasteiger partial charge in [0.1, 0.15) is 0 Å².